The molecule has 0 spiro atoms. The molecule has 0 aliphatic heterocycles. The van der Waals surface area contributed by atoms with Crippen LogP contribution in [0.15, 0.2) is 0 Å². The third-order valence-corrected chi connectivity index (χ3v) is 4.38. The Bertz CT molecular complexity index is 177. The number of thiol groups is 1. The maximum atomic E-state index is 5.62. The zero-order valence-corrected chi connectivity index (χ0v) is 13.2. The number of ether oxygens (including phenoxy) is 1. The van der Waals surface area contributed by atoms with E-state index in [2.05, 4.69) is 62.9 Å². The molecule has 0 aromatic heterocycles. The van der Waals surface area contributed by atoms with E-state index >= 15 is 0 Å². The van der Waals surface area contributed by atoms with Crippen LogP contribution >= 0.6 is 35.2 Å². The lowest BCUT2D eigenvalue weighted by Crippen LogP contribution is -2.34. The molecule has 1 nitrogen and oxygen atoms in total. The molecule has 0 rings (SSSR count). The highest BCUT2D eigenvalue weighted by atomic mass is 127. The van der Waals surface area contributed by atoms with Crippen molar-refractivity contribution in [2.75, 3.05) is 6.61 Å². The molecule has 0 heterocycles. The second kappa shape index (κ2) is 4.91. The van der Waals surface area contributed by atoms with E-state index in [4.69, 9.17) is 4.74 Å². The van der Waals surface area contributed by atoms with E-state index < -0.39 is 0 Å². The van der Waals surface area contributed by atoms with Crippen molar-refractivity contribution >= 4 is 35.2 Å². The van der Waals surface area contributed by atoms with Crippen molar-refractivity contribution in [2.45, 2.75) is 56.3 Å². The van der Waals surface area contributed by atoms with E-state index in [1.807, 2.05) is 13.8 Å². The molecule has 14 heavy (non-hydrogen) atoms. The Labute approximate surface area is 108 Å². The summed E-state index contributed by atoms with van der Waals surface area (Å²) in [6.45, 7) is 13.8. The number of rotatable bonds is 5. The van der Waals surface area contributed by atoms with Gasteiger partial charge in [0.05, 0.1) is 0 Å². The van der Waals surface area contributed by atoms with E-state index in [1.165, 1.54) is 0 Å². The highest BCUT2D eigenvalue weighted by Crippen LogP contribution is 2.41. The molecule has 0 N–H and O–H groups in total. The van der Waals surface area contributed by atoms with Crippen LogP contribution in [0.3, 0.4) is 0 Å². The van der Waals surface area contributed by atoms with Crippen LogP contribution in [0.4, 0.5) is 0 Å². The van der Waals surface area contributed by atoms with Crippen molar-refractivity contribution in [2.24, 2.45) is 5.41 Å². The number of hydrogen-bond acceptors (Lipinski definition) is 2. The summed E-state index contributed by atoms with van der Waals surface area (Å²) >= 11 is 6.84. The lowest BCUT2D eigenvalue weighted by molar-refractivity contribution is 0.0323. The summed E-state index contributed by atoms with van der Waals surface area (Å²) in [5.74, 6) is 0. The highest BCUT2D eigenvalue weighted by Gasteiger charge is 2.34. The lowest BCUT2D eigenvalue weighted by atomic mass is 9.78. The monoisotopic (exact) mass is 330 g/mol. The summed E-state index contributed by atoms with van der Waals surface area (Å²) in [6.07, 6.45) is 1.06. The predicted octanol–water partition coefficient (Wildman–Crippen LogP) is 4.30. The van der Waals surface area contributed by atoms with Gasteiger partial charge in [-0.1, -0.05) is 50.3 Å². The first-order chi connectivity index (χ1) is 5.96. The normalized spacial score (nSPS) is 14.6. The molecule has 0 aromatic rings. The minimum atomic E-state index is -0.314. The van der Waals surface area contributed by atoms with E-state index in [0.717, 1.165) is 13.0 Å². The van der Waals surface area contributed by atoms with Gasteiger partial charge in [0.15, 0.2) is 0 Å². The van der Waals surface area contributed by atoms with Gasteiger partial charge < -0.3 is 4.74 Å². The second-order valence-corrected chi connectivity index (χ2v) is 9.18. The summed E-state index contributed by atoms with van der Waals surface area (Å²) in [4.78, 5) is -0.314. The van der Waals surface area contributed by atoms with Crippen LogP contribution in [0.2, 0.25) is 0 Å². The molecule has 0 unspecified atom stereocenters. The van der Waals surface area contributed by atoms with Gasteiger partial charge in [0.25, 0.3) is 0 Å². The number of alkyl halides is 1. The fourth-order valence-corrected chi connectivity index (χ4v) is 1.21. The first kappa shape index (κ1) is 15.0. The summed E-state index contributed by atoms with van der Waals surface area (Å²) in [5, 5.41) is 0. The average Bonchev–Trinajstić information content (AvgIpc) is 1.80. The summed E-state index contributed by atoms with van der Waals surface area (Å²) in [5.41, 5.74) is 0.284. The largest absolute Gasteiger partial charge is 0.365 e. The third kappa shape index (κ3) is 5.81. The molecule has 0 aliphatic carbocycles. The summed E-state index contributed by atoms with van der Waals surface area (Å²) in [7, 11) is 0. The lowest BCUT2D eigenvalue weighted by Gasteiger charge is -2.37. The van der Waals surface area contributed by atoms with E-state index in [1.54, 1.807) is 0 Å². The Morgan fingerprint density at radius 3 is 1.79 bits per heavy atom. The highest BCUT2D eigenvalue weighted by molar-refractivity contribution is 14.1. The van der Waals surface area contributed by atoms with E-state index in [0.29, 0.717) is 0 Å². The molecular formula is C11H23IOS. The third-order valence-electron chi connectivity index (χ3n) is 2.79. The molecule has 0 aromatic carbocycles. The molecular weight excluding hydrogens is 307 g/mol. The van der Waals surface area contributed by atoms with Crippen LogP contribution in [0.25, 0.3) is 0 Å². The van der Waals surface area contributed by atoms with Gasteiger partial charge in [-0.05, 0) is 25.7 Å². The van der Waals surface area contributed by atoms with Crippen molar-refractivity contribution < 1.29 is 4.74 Å². The molecule has 0 radical (unpaired) electrons. The van der Waals surface area contributed by atoms with Gasteiger partial charge in [-0.3, -0.25) is 0 Å². The van der Waals surface area contributed by atoms with Crippen LogP contribution in [0, 0.1) is 5.41 Å². The standard InChI is InChI=1S/C11H23IOS/c1-9(2,10(3,4)12)7-8-13-11(5,6)14/h14H,7-8H2,1-6H3. The predicted molar refractivity (Wildman–Crippen MR) is 75.5 cm³/mol. The Morgan fingerprint density at radius 2 is 1.50 bits per heavy atom. The maximum absolute atomic E-state index is 5.62. The quantitative estimate of drug-likeness (QED) is 0.342. The fraction of sp³-hybridized carbons (Fsp3) is 1.00. The van der Waals surface area contributed by atoms with Crippen LogP contribution in [-0.4, -0.2) is 15.0 Å². The molecule has 0 atom stereocenters. The van der Waals surface area contributed by atoms with Gasteiger partial charge in [0.1, 0.15) is 4.93 Å². The van der Waals surface area contributed by atoms with Gasteiger partial charge in [0, 0.05) is 10.0 Å². The molecule has 0 bridgehead atoms. The maximum Gasteiger partial charge on any atom is 0.105 e. The van der Waals surface area contributed by atoms with Crippen molar-refractivity contribution in [3.8, 4) is 0 Å². The Morgan fingerprint density at radius 1 is 1.07 bits per heavy atom. The Kier molecular flexibility index (Phi) is 5.28. The van der Waals surface area contributed by atoms with Crippen molar-refractivity contribution in [3.05, 3.63) is 0 Å². The van der Waals surface area contributed by atoms with Crippen LogP contribution < -0.4 is 0 Å². The summed E-state index contributed by atoms with van der Waals surface area (Å²) < 4.78 is 5.91. The van der Waals surface area contributed by atoms with E-state index in [9.17, 15) is 0 Å². The van der Waals surface area contributed by atoms with Gasteiger partial charge in [-0.25, -0.2) is 0 Å². The van der Waals surface area contributed by atoms with Crippen LogP contribution in [0.1, 0.15) is 48.0 Å². The molecule has 0 aliphatic rings. The first-order valence-electron chi connectivity index (χ1n) is 5.01. The zero-order chi connectivity index (χ0) is 11.6. The van der Waals surface area contributed by atoms with E-state index in [-0.39, 0.29) is 13.8 Å². The van der Waals surface area contributed by atoms with Crippen LogP contribution in [0.5, 0.6) is 0 Å². The zero-order valence-electron chi connectivity index (χ0n) is 10.1. The van der Waals surface area contributed by atoms with Gasteiger partial charge in [0.2, 0.25) is 0 Å². The molecule has 0 fully saturated rings. The molecule has 0 saturated carbocycles. The summed E-state index contributed by atoms with van der Waals surface area (Å²) in [6, 6.07) is 0. The van der Waals surface area contributed by atoms with Gasteiger partial charge in [-0.15, -0.1) is 12.6 Å². The van der Waals surface area contributed by atoms with Crippen molar-refractivity contribution in [1.82, 2.24) is 0 Å². The average molecular weight is 330 g/mol. The second-order valence-electron chi connectivity index (χ2n) is 5.40. The number of halogens is 1. The van der Waals surface area contributed by atoms with Crippen molar-refractivity contribution in [1.29, 1.82) is 0 Å². The first-order valence-corrected chi connectivity index (χ1v) is 6.53. The molecule has 86 valence electrons. The Balaban J connectivity index is 4.02. The minimum Gasteiger partial charge on any atom is -0.365 e. The smallest absolute Gasteiger partial charge is 0.105 e. The minimum absolute atomic E-state index is 0.284. The molecule has 0 amide bonds. The number of hydrogen-bond donors (Lipinski definition) is 1. The fourth-order valence-electron chi connectivity index (χ4n) is 0.853. The van der Waals surface area contributed by atoms with Gasteiger partial charge in [-0.2, -0.15) is 0 Å². The molecule has 0 saturated heterocycles. The Hall–Kier alpha value is 1.04. The topological polar surface area (TPSA) is 9.23 Å². The molecule has 3 heteroatoms. The SMILES string of the molecule is CC(C)(S)OCCC(C)(C)C(C)(C)I. The van der Waals surface area contributed by atoms with Gasteiger partial charge >= 0.3 is 0 Å². The van der Waals surface area contributed by atoms with Crippen LogP contribution in [-0.2, 0) is 4.74 Å². The van der Waals surface area contributed by atoms with Crippen molar-refractivity contribution in [3.63, 3.8) is 0 Å².